The van der Waals surface area contributed by atoms with Crippen molar-refractivity contribution in [1.29, 1.82) is 5.26 Å². The molecule has 2 aliphatic heterocycles. The molecule has 5 nitrogen and oxygen atoms in total. The third kappa shape index (κ3) is 3.18. The zero-order valence-electron chi connectivity index (χ0n) is 12.5. The van der Waals surface area contributed by atoms with Crippen LogP contribution in [-0.2, 0) is 6.54 Å². The molecule has 0 unspecified atom stereocenters. The van der Waals surface area contributed by atoms with E-state index in [2.05, 4.69) is 21.2 Å². The van der Waals surface area contributed by atoms with E-state index in [0.29, 0.717) is 17.4 Å². The number of rotatable bonds is 4. The lowest BCUT2D eigenvalue weighted by Crippen LogP contribution is -2.62. The Kier molecular flexibility index (Phi) is 4.39. The lowest BCUT2D eigenvalue weighted by Gasteiger charge is -2.46. The van der Waals surface area contributed by atoms with Gasteiger partial charge in [-0.15, -0.1) is 0 Å². The molecule has 2 fully saturated rings. The van der Waals surface area contributed by atoms with E-state index in [1.807, 2.05) is 18.2 Å². The van der Waals surface area contributed by atoms with E-state index in [0.717, 1.165) is 32.7 Å². The van der Waals surface area contributed by atoms with E-state index in [1.54, 1.807) is 7.11 Å². The Balaban J connectivity index is 1.53. The monoisotopic (exact) mass is 286 g/mol. The minimum absolute atomic E-state index is 0.601. The molecule has 2 heterocycles. The summed E-state index contributed by atoms with van der Waals surface area (Å²) in [5.74, 6) is 0.675. The third-order valence-corrected chi connectivity index (χ3v) is 4.40. The highest BCUT2D eigenvalue weighted by molar-refractivity contribution is 5.45. The second-order valence-corrected chi connectivity index (χ2v) is 5.78. The Morgan fingerprint density at radius 3 is 2.76 bits per heavy atom. The Morgan fingerprint density at radius 2 is 2.10 bits per heavy atom. The lowest BCUT2D eigenvalue weighted by molar-refractivity contribution is 0.0223. The van der Waals surface area contributed by atoms with Crippen LogP contribution in [0, 0.1) is 11.3 Å². The predicted molar refractivity (Wildman–Crippen MR) is 81.2 cm³/mol. The summed E-state index contributed by atoms with van der Waals surface area (Å²) < 4.78 is 5.27. The topological polar surface area (TPSA) is 51.5 Å². The van der Waals surface area contributed by atoms with Crippen LogP contribution < -0.4 is 10.1 Å². The highest BCUT2D eigenvalue weighted by Crippen LogP contribution is 2.23. The molecule has 1 N–H and O–H groups in total. The summed E-state index contributed by atoms with van der Waals surface area (Å²) in [4.78, 5) is 5.04. The highest BCUT2D eigenvalue weighted by atomic mass is 16.5. The summed E-state index contributed by atoms with van der Waals surface area (Å²) >= 11 is 0. The molecule has 0 radical (unpaired) electrons. The number of likely N-dealkylation sites (tertiary alicyclic amines) is 1. The molecule has 0 saturated carbocycles. The zero-order valence-corrected chi connectivity index (χ0v) is 12.5. The SMILES string of the molecule is COc1cc(CN2CC(N3CCNCC3)C2)ccc1C#N. The first kappa shape index (κ1) is 14.3. The van der Waals surface area contributed by atoms with E-state index < -0.39 is 0 Å². The third-order valence-electron chi connectivity index (χ3n) is 4.40. The number of hydrogen-bond donors (Lipinski definition) is 1. The van der Waals surface area contributed by atoms with Crippen molar-refractivity contribution in [3.63, 3.8) is 0 Å². The lowest BCUT2D eigenvalue weighted by atomic mass is 10.0. The average Bonchev–Trinajstić information content (AvgIpc) is 2.51. The molecule has 0 bridgehead atoms. The minimum atomic E-state index is 0.601. The quantitative estimate of drug-likeness (QED) is 0.881. The summed E-state index contributed by atoms with van der Waals surface area (Å²) in [6, 6.07) is 8.73. The van der Waals surface area contributed by atoms with Gasteiger partial charge in [0.2, 0.25) is 0 Å². The van der Waals surface area contributed by atoms with E-state index >= 15 is 0 Å². The Bertz CT molecular complexity index is 528. The first-order valence-electron chi connectivity index (χ1n) is 7.54. The van der Waals surface area contributed by atoms with Crippen LogP contribution in [0.1, 0.15) is 11.1 Å². The second kappa shape index (κ2) is 6.44. The molecule has 1 aromatic rings. The summed E-state index contributed by atoms with van der Waals surface area (Å²) in [6.07, 6.45) is 0. The number of nitriles is 1. The number of nitrogens with zero attached hydrogens (tertiary/aromatic N) is 3. The van der Waals surface area contributed by atoms with Crippen LogP contribution in [0.2, 0.25) is 0 Å². The standard InChI is InChI=1S/C16H22N4O/c1-21-16-8-13(2-3-14(16)9-17)10-19-11-15(12-19)20-6-4-18-5-7-20/h2-3,8,15,18H,4-7,10-12H2,1H3. The Morgan fingerprint density at radius 1 is 1.33 bits per heavy atom. The van der Waals surface area contributed by atoms with Gasteiger partial charge in [-0.25, -0.2) is 0 Å². The van der Waals surface area contributed by atoms with Crippen molar-refractivity contribution >= 4 is 0 Å². The number of nitrogens with one attached hydrogen (secondary N) is 1. The van der Waals surface area contributed by atoms with Gasteiger partial charge < -0.3 is 10.1 Å². The molecule has 2 aliphatic rings. The van der Waals surface area contributed by atoms with Gasteiger partial charge in [-0.1, -0.05) is 6.07 Å². The van der Waals surface area contributed by atoms with Crippen LogP contribution in [0.5, 0.6) is 5.75 Å². The molecule has 21 heavy (non-hydrogen) atoms. The Hall–Kier alpha value is -1.61. The van der Waals surface area contributed by atoms with Crippen LogP contribution in [0.15, 0.2) is 18.2 Å². The van der Waals surface area contributed by atoms with Gasteiger partial charge in [0, 0.05) is 51.9 Å². The number of ether oxygens (including phenoxy) is 1. The van der Waals surface area contributed by atoms with E-state index in [9.17, 15) is 0 Å². The van der Waals surface area contributed by atoms with E-state index in [1.165, 1.54) is 18.7 Å². The normalized spacial score (nSPS) is 20.8. The first-order chi connectivity index (χ1) is 10.3. The molecule has 5 heteroatoms. The summed E-state index contributed by atoms with van der Waals surface area (Å²) in [7, 11) is 1.62. The predicted octanol–water partition coefficient (Wildman–Crippen LogP) is 0.656. The van der Waals surface area contributed by atoms with Crippen molar-refractivity contribution in [1.82, 2.24) is 15.1 Å². The minimum Gasteiger partial charge on any atom is -0.495 e. The zero-order chi connectivity index (χ0) is 14.7. The molecule has 0 amide bonds. The van der Waals surface area contributed by atoms with Gasteiger partial charge >= 0.3 is 0 Å². The highest BCUT2D eigenvalue weighted by Gasteiger charge is 2.32. The fourth-order valence-corrected chi connectivity index (χ4v) is 3.13. The Labute approximate surface area is 126 Å². The van der Waals surface area contributed by atoms with Crippen LogP contribution >= 0.6 is 0 Å². The number of benzene rings is 1. The molecule has 0 spiro atoms. The second-order valence-electron chi connectivity index (χ2n) is 5.78. The van der Waals surface area contributed by atoms with E-state index in [4.69, 9.17) is 10.00 Å². The molecular weight excluding hydrogens is 264 g/mol. The molecular formula is C16H22N4O. The van der Waals surface area contributed by atoms with Crippen LogP contribution in [0.25, 0.3) is 0 Å². The smallest absolute Gasteiger partial charge is 0.136 e. The number of piperazine rings is 1. The maximum Gasteiger partial charge on any atom is 0.136 e. The van der Waals surface area contributed by atoms with Crippen molar-refractivity contribution in [2.45, 2.75) is 12.6 Å². The summed E-state index contributed by atoms with van der Waals surface area (Å²) in [5.41, 5.74) is 1.81. The van der Waals surface area contributed by atoms with Crippen LogP contribution in [-0.4, -0.2) is 62.2 Å². The van der Waals surface area contributed by atoms with Gasteiger partial charge in [0.1, 0.15) is 11.8 Å². The fraction of sp³-hybridized carbons (Fsp3) is 0.562. The van der Waals surface area contributed by atoms with Crippen molar-refractivity contribution < 1.29 is 4.74 Å². The average molecular weight is 286 g/mol. The van der Waals surface area contributed by atoms with Gasteiger partial charge in [-0.3, -0.25) is 9.80 Å². The molecule has 0 aromatic heterocycles. The number of methoxy groups -OCH3 is 1. The molecule has 1 aromatic carbocycles. The van der Waals surface area contributed by atoms with Gasteiger partial charge in [-0.05, 0) is 17.7 Å². The molecule has 2 saturated heterocycles. The van der Waals surface area contributed by atoms with Crippen LogP contribution in [0.4, 0.5) is 0 Å². The van der Waals surface area contributed by atoms with Crippen LogP contribution in [0.3, 0.4) is 0 Å². The number of hydrogen-bond acceptors (Lipinski definition) is 5. The van der Waals surface area contributed by atoms with Gasteiger partial charge in [0.05, 0.1) is 12.7 Å². The largest absolute Gasteiger partial charge is 0.495 e. The van der Waals surface area contributed by atoms with Crippen molar-refractivity contribution in [3.05, 3.63) is 29.3 Å². The van der Waals surface area contributed by atoms with Gasteiger partial charge in [0.15, 0.2) is 0 Å². The maximum atomic E-state index is 9.01. The van der Waals surface area contributed by atoms with Crippen molar-refractivity contribution in [2.24, 2.45) is 0 Å². The first-order valence-corrected chi connectivity index (χ1v) is 7.54. The molecule has 0 aliphatic carbocycles. The van der Waals surface area contributed by atoms with Crippen molar-refractivity contribution in [3.8, 4) is 11.8 Å². The molecule has 112 valence electrons. The maximum absolute atomic E-state index is 9.01. The van der Waals surface area contributed by atoms with Gasteiger partial charge in [0.25, 0.3) is 0 Å². The van der Waals surface area contributed by atoms with Gasteiger partial charge in [-0.2, -0.15) is 5.26 Å². The summed E-state index contributed by atoms with van der Waals surface area (Å²) in [6.45, 7) is 7.79. The van der Waals surface area contributed by atoms with E-state index in [-0.39, 0.29) is 0 Å². The molecule has 0 atom stereocenters. The van der Waals surface area contributed by atoms with Crippen molar-refractivity contribution in [2.75, 3.05) is 46.4 Å². The fourth-order valence-electron chi connectivity index (χ4n) is 3.13. The molecule has 3 rings (SSSR count). The summed E-state index contributed by atoms with van der Waals surface area (Å²) in [5, 5.41) is 12.4.